The van der Waals surface area contributed by atoms with Gasteiger partial charge in [0, 0.05) is 13.0 Å². The highest BCUT2D eigenvalue weighted by Crippen LogP contribution is 2.26. The minimum absolute atomic E-state index is 0.0199. The van der Waals surface area contributed by atoms with Crippen molar-refractivity contribution in [2.75, 3.05) is 6.54 Å². The SMILES string of the molecule is O=C1CC[C@@H]2[C@H](CCN2C(=O)c2ccnnc2)N1. The Morgan fingerprint density at radius 1 is 1.39 bits per heavy atom. The normalized spacial score (nSPS) is 26.7. The van der Waals surface area contributed by atoms with Crippen molar-refractivity contribution in [1.29, 1.82) is 0 Å². The maximum absolute atomic E-state index is 12.3. The Balaban J connectivity index is 1.78. The van der Waals surface area contributed by atoms with E-state index in [0.717, 1.165) is 12.8 Å². The number of piperidine rings is 1. The Kier molecular flexibility index (Phi) is 2.70. The van der Waals surface area contributed by atoms with E-state index in [1.54, 1.807) is 6.07 Å². The van der Waals surface area contributed by atoms with Crippen LogP contribution in [0.3, 0.4) is 0 Å². The van der Waals surface area contributed by atoms with Crippen LogP contribution in [0.5, 0.6) is 0 Å². The standard InChI is InChI=1S/C12H14N4O2/c17-11-2-1-10-9(15-11)4-6-16(10)12(18)8-3-5-13-14-7-8/h3,5,7,9-10H,1-2,4,6H2,(H,15,17)/t9-,10+/m0/s1. The van der Waals surface area contributed by atoms with Gasteiger partial charge in [-0.05, 0) is 18.9 Å². The van der Waals surface area contributed by atoms with E-state index in [2.05, 4.69) is 15.5 Å². The molecule has 3 rings (SSSR count). The maximum atomic E-state index is 12.3. The van der Waals surface area contributed by atoms with Crippen molar-refractivity contribution in [3.8, 4) is 0 Å². The molecule has 1 N–H and O–H groups in total. The molecule has 0 saturated carbocycles. The molecule has 2 aliphatic rings. The van der Waals surface area contributed by atoms with Crippen LogP contribution in [0.25, 0.3) is 0 Å². The number of carbonyl (C=O) groups is 2. The third-order valence-corrected chi connectivity index (χ3v) is 3.65. The van der Waals surface area contributed by atoms with Gasteiger partial charge < -0.3 is 10.2 Å². The van der Waals surface area contributed by atoms with E-state index in [9.17, 15) is 9.59 Å². The van der Waals surface area contributed by atoms with Crippen LogP contribution in [-0.2, 0) is 4.79 Å². The van der Waals surface area contributed by atoms with Crippen LogP contribution in [0.4, 0.5) is 0 Å². The molecule has 2 aliphatic heterocycles. The van der Waals surface area contributed by atoms with Gasteiger partial charge in [-0.25, -0.2) is 0 Å². The summed E-state index contributed by atoms with van der Waals surface area (Å²) in [5.74, 6) is 0.0738. The average molecular weight is 246 g/mol. The van der Waals surface area contributed by atoms with Gasteiger partial charge in [-0.15, -0.1) is 0 Å². The highest BCUT2D eigenvalue weighted by molar-refractivity contribution is 5.94. The summed E-state index contributed by atoms with van der Waals surface area (Å²) < 4.78 is 0. The summed E-state index contributed by atoms with van der Waals surface area (Å²) in [6.45, 7) is 0.691. The lowest BCUT2D eigenvalue weighted by atomic mass is 9.99. The number of likely N-dealkylation sites (tertiary alicyclic amines) is 1. The third kappa shape index (κ3) is 1.83. The molecular formula is C12H14N4O2. The van der Waals surface area contributed by atoms with E-state index >= 15 is 0 Å². The predicted molar refractivity (Wildman–Crippen MR) is 62.6 cm³/mol. The van der Waals surface area contributed by atoms with Crippen LogP contribution in [0, 0.1) is 0 Å². The average Bonchev–Trinajstić information content (AvgIpc) is 2.81. The molecule has 0 aliphatic carbocycles. The summed E-state index contributed by atoms with van der Waals surface area (Å²) in [7, 11) is 0. The van der Waals surface area contributed by atoms with Crippen molar-refractivity contribution >= 4 is 11.8 Å². The van der Waals surface area contributed by atoms with Gasteiger partial charge in [-0.2, -0.15) is 10.2 Å². The monoisotopic (exact) mass is 246 g/mol. The lowest BCUT2D eigenvalue weighted by molar-refractivity contribution is -0.123. The molecule has 94 valence electrons. The smallest absolute Gasteiger partial charge is 0.255 e. The Hall–Kier alpha value is -1.98. The van der Waals surface area contributed by atoms with Crippen LogP contribution >= 0.6 is 0 Å². The summed E-state index contributed by atoms with van der Waals surface area (Å²) >= 11 is 0. The van der Waals surface area contributed by atoms with Crippen LogP contribution in [0.1, 0.15) is 29.6 Å². The molecule has 6 heteroatoms. The zero-order valence-corrected chi connectivity index (χ0v) is 9.87. The number of aromatic nitrogens is 2. The second kappa shape index (κ2) is 4.36. The minimum Gasteiger partial charge on any atom is -0.351 e. The molecule has 2 saturated heterocycles. The molecule has 1 aromatic rings. The summed E-state index contributed by atoms with van der Waals surface area (Å²) in [5, 5.41) is 10.3. The molecule has 0 spiro atoms. The van der Waals surface area contributed by atoms with Crippen LogP contribution in [0.15, 0.2) is 18.5 Å². The van der Waals surface area contributed by atoms with E-state index < -0.39 is 0 Å². The molecule has 18 heavy (non-hydrogen) atoms. The zero-order chi connectivity index (χ0) is 12.5. The number of hydrogen-bond acceptors (Lipinski definition) is 4. The number of nitrogens with zero attached hydrogens (tertiary/aromatic N) is 3. The van der Waals surface area contributed by atoms with Gasteiger partial charge in [0.1, 0.15) is 0 Å². The summed E-state index contributed by atoms with van der Waals surface area (Å²) in [4.78, 5) is 25.5. The number of rotatable bonds is 1. The summed E-state index contributed by atoms with van der Waals surface area (Å²) in [5.41, 5.74) is 0.558. The topological polar surface area (TPSA) is 75.2 Å². The second-order valence-electron chi connectivity index (χ2n) is 4.70. The number of hydrogen-bond donors (Lipinski definition) is 1. The predicted octanol–water partition coefficient (Wildman–Crippen LogP) is -0.0303. The lowest BCUT2D eigenvalue weighted by Gasteiger charge is -2.31. The highest BCUT2D eigenvalue weighted by Gasteiger charge is 2.40. The van der Waals surface area contributed by atoms with E-state index in [4.69, 9.17) is 0 Å². The first-order valence-electron chi connectivity index (χ1n) is 6.13. The molecule has 0 unspecified atom stereocenters. The third-order valence-electron chi connectivity index (χ3n) is 3.65. The number of fused-ring (bicyclic) bond motifs is 1. The second-order valence-corrected chi connectivity index (χ2v) is 4.70. The molecule has 2 fully saturated rings. The van der Waals surface area contributed by atoms with Crippen LogP contribution < -0.4 is 5.32 Å². The first-order chi connectivity index (χ1) is 8.75. The zero-order valence-electron chi connectivity index (χ0n) is 9.87. The molecule has 2 atom stereocenters. The van der Waals surface area contributed by atoms with E-state index in [0.29, 0.717) is 18.5 Å². The highest BCUT2D eigenvalue weighted by atomic mass is 16.2. The van der Waals surface area contributed by atoms with Crippen molar-refractivity contribution in [1.82, 2.24) is 20.4 Å². The van der Waals surface area contributed by atoms with Gasteiger partial charge in [-0.1, -0.05) is 0 Å². The Morgan fingerprint density at radius 3 is 3.06 bits per heavy atom. The fourth-order valence-electron chi connectivity index (χ4n) is 2.77. The molecular weight excluding hydrogens is 232 g/mol. The summed E-state index contributed by atoms with van der Waals surface area (Å²) in [6, 6.07) is 1.91. The lowest BCUT2D eigenvalue weighted by Crippen LogP contribution is -2.50. The number of amides is 2. The van der Waals surface area contributed by atoms with Crippen LogP contribution in [-0.4, -0.2) is 45.5 Å². The minimum atomic E-state index is -0.0199. The van der Waals surface area contributed by atoms with Crippen molar-refractivity contribution in [3.05, 3.63) is 24.0 Å². The number of nitrogens with one attached hydrogen (secondary N) is 1. The van der Waals surface area contributed by atoms with Gasteiger partial charge in [0.25, 0.3) is 5.91 Å². The van der Waals surface area contributed by atoms with Gasteiger partial charge in [-0.3, -0.25) is 9.59 Å². The fourth-order valence-corrected chi connectivity index (χ4v) is 2.77. The van der Waals surface area contributed by atoms with Gasteiger partial charge in [0.05, 0.1) is 30.0 Å². The van der Waals surface area contributed by atoms with Crippen LogP contribution in [0.2, 0.25) is 0 Å². The quantitative estimate of drug-likeness (QED) is 0.755. The molecule has 0 bridgehead atoms. The first kappa shape index (κ1) is 11.1. The van der Waals surface area contributed by atoms with Gasteiger partial charge in [0.15, 0.2) is 0 Å². The first-order valence-corrected chi connectivity index (χ1v) is 6.13. The fraction of sp³-hybridized carbons (Fsp3) is 0.500. The van der Waals surface area contributed by atoms with Crippen molar-refractivity contribution < 1.29 is 9.59 Å². The molecule has 0 aromatic carbocycles. The molecule has 0 radical (unpaired) electrons. The van der Waals surface area contributed by atoms with E-state index in [1.807, 2.05) is 4.90 Å². The summed E-state index contributed by atoms with van der Waals surface area (Å²) in [6.07, 6.45) is 5.08. The van der Waals surface area contributed by atoms with Gasteiger partial charge in [0.2, 0.25) is 5.91 Å². The molecule has 6 nitrogen and oxygen atoms in total. The van der Waals surface area contributed by atoms with Crippen molar-refractivity contribution in [2.24, 2.45) is 0 Å². The maximum Gasteiger partial charge on any atom is 0.255 e. The Morgan fingerprint density at radius 2 is 2.28 bits per heavy atom. The van der Waals surface area contributed by atoms with Crippen molar-refractivity contribution in [2.45, 2.75) is 31.3 Å². The Bertz CT molecular complexity index is 476. The number of carbonyl (C=O) groups excluding carboxylic acids is 2. The molecule has 1 aromatic heterocycles. The van der Waals surface area contributed by atoms with Crippen molar-refractivity contribution in [3.63, 3.8) is 0 Å². The molecule has 2 amide bonds. The van der Waals surface area contributed by atoms with E-state index in [1.165, 1.54) is 12.4 Å². The molecule has 3 heterocycles. The largest absolute Gasteiger partial charge is 0.351 e. The van der Waals surface area contributed by atoms with E-state index in [-0.39, 0.29) is 23.9 Å². The van der Waals surface area contributed by atoms with Gasteiger partial charge >= 0.3 is 0 Å². The Labute approximate surface area is 104 Å².